The van der Waals surface area contributed by atoms with Gasteiger partial charge in [-0.1, -0.05) is 0 Å². The third kappa shape index (κ3) is 2.57. The smallest absolute Gasteiger partial charge is 0.305 e. The summed E-state index contributed by atoms with van der Waals surface area (Å²) in [5.41, 5.74) is 4.97. The fourth-order valence-electron chi connectivity index (χ4n) is 1.12. The van der Waals surface area contributed by atoms with E-state index in [0.29, 0.717) is 0 Å². The zero-order valence-corrected chi connectivity index (χ0v) is 9.28. The molecule has 1 heterocycles. The Bertz CT molecular complexity index is 461. The maximum absolute atomic E-state index is 11.7. The van der Waals surface area contributed by atoms with Gasteiger partial charge < -0.3 is 5.73 Å². The van der Waals surface area contributed by atoms with E-state index < -0.39 is 16.1 Å². The number of carbonyl (C=O) groups is 1. The van der Waals surface area contributed by atoms with Gasteiger partial charge in [0.15, 0.2) is 0 Å². The monoisotopic (exact) mass is 231 g/mol. The van der Waals surface area contributed by atoms with Gasteiger partial charge in [-0.3, -0.25) is 4.79 Å². The third-order valence-corrected chi connectivity index (χ3v) is 3.21. The minimum atomic E-state index is -3.73. The Kier molecular flexibility index (Phi) is 3.15. The van der Waals surface area contributed by atoms with E-state index >= 15 is 0 Å². The van der Waals surface area contributed by atoms with Crippen molar-refractivity contribution in [3.05, 3.63) is 24.0 Å². The summed E-state index contributed by atoms with van der Waals surface area (Å²) in [5.74, 6) is -0.783. The molecule has 1 aromatic heterocycles. The standard InChI is InChI=1S/C8H13N3O3S/c1-6(2)10-15(13,14)11-5-3-4-7(11)8(9)12/h3-6,10H,1-2H3,(H2,9,12). The second-order valence-corrected chi connectivity index (χ2v) is 4.91. The first-order valence-electron chi connectivity index (χ1n) is 4.34. The van der Waals surface area contributed by atoms with E-state index in [-0.39, 0.29) is 11.7 Å². The van der Waals surface area contributed by atoms with Crippen LogP contribution in [-0.4, -0.2) is 24.3 Å². The number of nitrogens with two attached hydrogens (primary N) is 1. The lowest BCUT2D eigenvalue weighted by Crippen LogP contribution is -2.36. The van der Waals surface area contributed by atoms with Gasteiger partial charge in [-0.05, 0) is 26.0 Å². The second-order valence-electron chi connectivity index (χ2n) is 3.33. The zero-order chi connectivity index (χ0) is 11.6. The predicted molar refractivity (Wildman–Crippen MR) is 55.5 cm³/mol. The summed E-state index contributed by atoms with van der Waals surface area (Å²) in [7, 11) is -3.73. The first-order valence-corrected chi connectivity index (χ1v) is 5.78. The quantitative estimate of drug-likeness (QED) is 0.743. The summed E-state index contributed by atoms with van der Waals surface area (Å²) in [6.07, 6.45) is 1.27. The molecule has 1 aromatic rings. The molecule has 0 aliphatic heterocycles. The number of aromatic nitrogens is 1. The van der Waals surface area contributed by atoms with Crippen LogP contribution >= 0.6 is 0 Å². The lowest BCUT2D eigenvalue weighted by molar-refractivity contribution is 0.0994. The largest absolute Gasteiger partial charge is 0.364 e. The van der Waals surface area contributed by atoms with Crippen molar-refractivity contribution in [2.24, 2.45) is 5.73 Å². The molecule has 84 valence electrons. The minimum absolute atomic E-state index is 0.0665. The number of hydrogen-bond acceptors (Lipinski definition) is 3. The van der Waals surface area contributed by atoms with E-state index in [1.165, 1.54) is 18.3 Å². The number of nitrogens with zero attached hydrogens (tertiary/aromatic N) is 1. The van der Waals surface area contributed by atoms with Crippen LogP contribution in [0.2, 0.25) is 0 Å². The number of rotatable bonds is 4. The van der Waals surface area contributed by atoms with Crippen LogP contribution in [0, 0.1) is 0 Å². The number of amides is 1. The highest BCUT2D eigenvalue weighted by Crippen LogP contribution is 2.05. The number of carbonyl (C=O) groups excluding carboxylic acids is 1. The van der Waals surface area contributed by atoms with Crippen LogP contribution in [0.5, 0.6) is 0 Å². The molecule has 0 aliphatic carbocycles. The van der Waals surface area contributed by atoms with Crippen LogP contribution in [0.15, 0.2) is 18.3 Å². The molecule has 0 saturated heterocycles. The Morgan fingerprint density at radius 1 is 1.53 bits per heavy atom. The summed E-state index contributed by atoms with van der Waals surface area (Å²) in [4.78, 5) is 10.9. The van der Waals surface area contributed by atoms with Crippen LogP contribution in [0.25, 0.3) is 0 Å². The van der Waals surface area contributed by atoms with E-state index in [1.807, 2.05) is 0 Å². The van der Waals surface area contributed by atoms with E-state index in [0.717, 1.165) is 3.97 Å². The van der Waals surface area contributed by atoms with Crippen molar-refractivity contribution < 1.29 is 13.2 Å². The molecule has 6 nitrogen and oxygen atoms in total. The van der Waals surface area contributed by atoms with Crippen molar-refractivity contribution in [1.29, 1.82) is 0 Å². The molecular weight excluding hydrogens is 218 g/mol. The first-order chi connectivity index (χ1) is 6.84. The minimum Gasteiger partial charge on any atom is -0.364 e. The second kappa shape index (κ2) is 4.03. The summed E-state index contributed by atoms with van der Waals surface area (Å²) >= 11 is 0. The lowest BCUT2D eigenvalue weighted by atomic mass is 10.4. The number of nitrogens with one attached hydrogen (secondary N) is 1. The van der Waals surface area contributed by atoms with Crippen molar-refractivity contribution >= 4 is 16.1 Å². The molecule has 0 spiro atoms. The highest BCUT2D eigenvalue weighted by atomic mass is 32.2. The third-order valence-electron chi connectivity index (χ3n) is 1.61. The molecule has 0 fully saturated rings. The normalized spacial score (nSPS) is 11.9. The molecule has 0 saturated carbocycles. The van der Waals surface area contributed by atoms with Crippen molar-refractivity contribution in [1.82, 2.24) is 8.69 Å². The molecular formula is C8H13N3O3S. The van der Waals surface area contributed by atoms with Crippen LogP contribution in [0.3, 0.4) is 0 Å². The van der Waals surface area contributed by atoms with Gasteiger partial charge in [0.1, 0.15) is 5.69 Å². The van der Waals surface area contributed by atoms with E-state index in [4.69, 9.17) is 5.73 Å². The Labute approximate surface area is 88.3 Å². The summed E-state index contributed by atoms with van der Waals surface area (Å²) < 4.78 is 26.5. The van der Waals surface area contributed by atoms with Crippen LogP contribution in [0.1, 0.15) is 24.3 Å². The Morgan fingerprint density at radius 3 is 2.60 bits per heavy atom. The molecule has 0 unspecified atom stereocenters. The van der Waals surface area contributed by atoms with Gasteiger partial charge in [-0.2, -0.15) is 13.1 Å². The van der Waals surface area contributed by atoms with Crippen LogP contribution in [0.4, 0.5) is 0 Å². The van der Waals surface area contributed by atoms with Gasteiger partial charge in [0.25, 0.3) is 5.91 Å². The maximum Gasteiger partial charge on any atom is 0.305 e. The summed E-state index contributed by atoms with van der Waals surface area (Å²) in [6.45, 7) is 3.37. The first kappa shape index (κ1) is 11.7. The van der Waals surface area contributed by atoms with Gasteiger partial charge in [-0.15, -0.1) is 0 Å². The molecule has 0 aliphatic rings. The SMILES string of the molecule is CC(C)NS(=O)(=O)n1cccc1C(N)=O. The van der Waals surface area contributed by atoms with Crippen molar-refractivity contribution in [3.63, 3.8) is 0 Å². The average Bonchev–Trinajstić information content (AvgIpc) is 2.48. The van der Waals surface area contributed by atoms with Gasteiger partial charge >= 0.3 is 10.2 Å². The molecule has 1 rings (SSSR count). The molecule has 1 amide bonds. The van der Waals surface area contributed by atoms with Gasteiger partial charge in [0.2, 0.25) is 0 Å². The van der Waals surface area contributed by atoms with Gasteiger partial charge in [0.05, 0.1) is 0 Å². The predicted octanol–water partition coefficient (Wildman–Crippen LogP) is -0.322. The van der Waals surface area contributed by atoms with Crippen molar-refractivity contribution in [2.75, 3.05) is 0 Å². The molecule has 7 heteroatoms. The summed E-state index contributed by atoms with van der Waals surface area (Å²) in [5, 5.41) is 0. The molecule has 0 atom stereocenters. The maximum atomic E-state index is 11.7. The molecule has 0 radical (unpaired) electrons. The zero-order valence-electron chi connectivity index (χ0n) is 8.47. The Morgan fingerprint density at radius 2 is 2.13 bits per heavy atom. The van der Waals surface area contributed by atoms with E-state index in [1.54, 1.807) is 13.8 Å². The average molecular weight is 231 g/mol. The Balaban J connectivity index is 3.16. The molecule has 15 heavy (non-hydrogen) atoms. The van der Waals surface area contributed by atoms with E-state index in [9.17, 15) is 13.2 Å². The van der Waals surface area contributed by atoms with Crippen molar-refractivity contribution in [3.8, 4) is 0 Å². The summed E-state index contributed by atoms with van der Waals surface area (Å²) in [6, 6.07) is 2.54. The highest BCUT2D eigenvalue weighted by Gasteiger charge is 2.19. The number of hydrogen-bond donors (Lipinski definition) is 2. The molecule has 0 aromatic carbocycles. The van der Waals surface area contributed by atoms with Gasteiger partial charge in [0, 0.05) is 12.2 Å². The van der Waals surface area contributed by atoms with Gasteiger partial charge in [-0.25, -0.2) is 3.97 Å². The van der Waals surface area contributed by atoms with E-state index in [2.05, 4.69) is 4.72 Å². The van der Waals surface area contributed by atoms with Crippen molar-refractivity contribution in [2.45, 2.75) is 19.9 Å². The lowest BCUT2D eigenvalue weighted by Gasteiger charge is -2.11. The fourth-order valence-corrected chi connectivity index (χ4v) is 2.47. The highest BCUT2D eigenvalue weighted by molar-refractivity contribution is 7.88. The fraction of sp³-hybridized carbons (Fsp3) is 0.375. The Hall–Kier alpha value is -1.34. The molecule has 0 bridgehead atoms. The van der Waals surface area contributed by atoms with Crippen LogP contribution < -0.4 is 10.5 Å². The number of primary amides is 1. The van der Waals surface area contributed by atoms with Crippen LogP contribution in [-0.2, 0) is 10.2 Å². The topological polar surface area (TPSA) is 94.2 Å². The molecule has 3 N–H and O–H groups in total.